The zero-order valence-electron chi connectivity index (χ0n) is 19.8. The minimum Gasteiger partial charge on any atom is -0.508 e. The number of rotatable bonds is 10. The third kappa shape index (κ3) is 6.47. The highest BCUT2D eigenvalue weighted by molar-refractivity contribution is 5.73. The average molecular weight is 487 g/mol. The van der Waals surface area contributed by atoms with Crippen LogP contribution in [0.25, 0.3) is 5.69 Å². The van der Waals surface area contributed by atoms with E-state index < -0.39 is 6.09 Å². The maximum absolute atomic E-state index is 12.5. The molecule has 184 valence electrons. The molecule has 3 aromatic carbocycles. The number of phenolic OH excluding ortho intramolecular Hbond substituents is 1. The number of aromatic hydroxyl groups is 1. The summed E-state index contributed by atoms with van der Waals surface area (Å²) >= 11 is 0. The predicted molar refractivity (Wildman–Crippen MR) is 132 cm³/mol. The van der Waals surface area contributed by atoms with Gasteiger partial charge in [-0.2, -0.15) is 15.0 Å². The third-order valence-corrected chi connectivity index (χ3v) is 5.36. The number of aldehydes is 1. The molecule has 4 aromatic rings. The lowest BCUT2D eigenvalue weighted by atomic mass is 10.2. The number of carbonyl (C=O) groups excluding carboxylic acids is 2. The number of nitrogens with zero attached hydrogens (tertiary/aromatic N) is 4. The largest absolute Gasteiger partial charge is 0.508 e. The van der Waals surface area contributed by atoms with Crippen LogP contribution in [0.1, 0.15) is 17.0 Å². The molecule has 1 heterocycles. The Labute approximate surface area is 208 Å². The smallest absolute Gasteiger partial charge is 0.415 e. The molecule has 0 spiro atoms. The van der Waals surface area contributed by atoms with Gasteiger partial charge in [0.25, 0.3) is 0 Å². The van der Waals surface area contributed by atoms with Gasteiger partial charge in [0.05, 0.1) is 30.2 Å². The van der Waals surface area contributed by atoms with Crippen LogP contribution in [-0.4, -0.2) is 50.5 Å². The molecule has 0 saturated carbocycles. The van der Waals surface area contributed by atoms with Crippen molar-refractivity contribution >= 4 is 12.4 Å². The zero-order chi connectivity index (χ0) is 25.3. The highest BCUT2D eigenvalue weighted by atomic mass is 16.6. The number of amides is 1. The molecule has 0 radical (unpaired) electrons. The molecule has 9 nitrogen and oxygen atoms in total. The van der Waals surface area contributed by atoms with Crippen LogP contribution in [0.5, 0.6) is 17.2 Å². The Morgan fingerprint density at radius 1 is 0.972 bits per heavy atom. The number of carbonyl (C=O) groups is 2. The average Bonchev–Trinajstić information content (AvgIpc) is 3.27. The quantitative estimate of drug-likeness (QED) is 0.336. The number of para-hydroxylation sites is 1. The molecule has 0 bridgehead atoms. The van der Waals surface area contributed by atoms with Crippen molar-refractivity contribution in [1.82, 2.24) is 19.9 Å². The first-order valence-corrected chi connectivity index (χ1v) is 11.4. The van der Waals surface area contributed by atoms with Crippen molar-refractivity contribution in [3.8, 4) is 22.9 Å². The van der Waals surface area contributed by atoms with Crippen LogP contribution in [0.15, 0.2) is 78.9 Å². The highest BCUT2D eigenvalue weighted by Gasteiger charge is 2.16. The van der Waals surface area contributed by atoms with E-state index in [1.807, 2.05) is 61.5 Å². The van der Waals surface area contributed by atoms with Crippen molar-refractivity contribution in [1.29, 1.82) is 0 Å². The fourth-order valence-corrected chi connectivity index (χ4v) is 3.47. The molecule has 1 amide bonds. The van der Waals surface area contributed by atoms with E-state index in [2.05, 4.69) is 10.2 Å². The summed E-state index contributed by atoms with van der Waals surface area (Å²) in [5.74, 6) is 1.02. The standard InChI is InChI=1S/C27H26N4O5/c1-20-26(29-31(28-20)22-5-3-2-4-6-22)15-18-35-24-11-7-21(8-12-24)19-30(16-17-32)27(34)36-25-13-9-23(33)10-14-25/h2-14,17,33H,15-16,18-19H2,1H3. The summed E-state index contributed by atoms with van der Waals surface area (Å²) in [6.45, 7) is 2.44. The lowest BCUT2D eigenvalue weighted by Gasteiger charge is -2.20. The second-order valence-electron chi connectivity index (χ2n) is 8.01. The van der Waals surface area contributed by atoms with Crippen LogP contribution in [0.4, 0.5) is 4.79 Å². The summed E-state index contributed by atoms with van der Waals surface area (Å²) in [7, 11) is 0. The first-order chi connectivity index (χ1) is 17.5. The second kappa shape index (κ2) is 11.7. The van der Waals surface area contributed by atoms with Gasteiger partial charge in [0, 0.05) is 13.0 Å². The molecule has 36 heavy (non-hydrogen) atoms. The molecule has 0 saturated heterocycles. The van der Waals surface area contributed by atoms with Crippen LogP contribution in [-0.2, 0) is 17.8 Å². The normalized spacial score (nSPS) is 10.6. The predicted octanol–water partition coefficient (Wildman–Crippen LogP) is 4.10. The molecule has 9 heteroatoms. The monoisotopic (exact) mass is 486 g/mol. The number of aryl methyl sites for hydroxylation is 1. The molecule has 1 N–H and O–H groups in total. The van der Waals surface area contributed by atoms with E-state index in [0.717, 1.165) is 22.6 Å². The molecule has 0 aliphatic rings. The third-order valence-electron chi connectivity index (χ3n) is 5.36. The van der Waals surface area contributed by atoms with Gasteiger partial charge in [-0.15, -0.1) is 0 Å². The maximum Gasteiger partial charge on any atom is 0.415 e. The first kappa shape index (κ1) is 24.5. The Bertz CT molecular complexity index is 1290. The maximum atomic E-state index is 12.5. The molecular formula is C27H26N4O5. The zero-order valence-corrected chi connectivity index (χ0v) is 19.8. The van der Waals surface area contributed by atoms with Crippen LogP contribution < -0.4 is 9.47 Å². The van der Waals surface area contributed by atoms with E-state index >= 15 is 0 Å². The van der Waals surface area contributed by atoms with E-state index in [9.17, 15) is 14.7 Å². The van der Waals surface area contributed by atoms with Crippen LogP contribution >= 0.6 is 0 Å². The van der Waals surface area contributed by atoms with E-state index in [0.29, 0.717) is 25.1 Å². The Morgan fingerprint density at radius 3 is 2.36 bits per heavy atom. The second-order valence-corrected chi connectivity index (χ2v) is 8.01. The number of benzene rings is 3. The summed E-state index contributed by atoms with van der Waals surface area (Å²) < 4.78 is 11.2. The van der Waals surface area contributed by atoms with Gasteiger partial charge in [-0.25, -0.2) is 4.79 Å². The SMILES string of the molecule is Cc1nn(-c2ccccc2)nc1CCOc1ccc(CN(CC=O)C(=O)Oc2ccc(O)cc2)cc1. The number of aromatic nitrogens is 3. The van der Waals surface area contributed by atoms with Crippen molar-refractivity contribution in [3.63, 3.8) is 0 Å². The summed E-state index contributed by atoms with van der Waals surface area (Å²) in [6.07, 6.45) is 0.592. The van der Waals surface area contributed by atoms with Gasteiger partial charge in [-0.3, -0.25) is 4.90 Å². The van der Waals surface area contributed by atoms with Crippen LogP contribution in [0.3, 0.4) is 0 Å². The van der Waals surface area contributed by atoms with E-state index in [1.165, 1.54) is 29.2 Å². The Balaban J connectivity index is 1.30. The molecule has 0 fully saturated rings. The van der Waals surface area contributed by atoms with Crippen LogP contribution in [0.2, 0.25) is 0 Å². The number of hydrogen-bond donors (Lipinski definition) is 1. The van der Waals surface area contributed by atoms with Gasteiger partial charge in [0.2, 0.25) is 0 Å². The lowest BCUT2D eigenvalue weighted by molar-refractivity contribution is -0.108. The minimum atomic E-state index is -0.660. The van der Waals surface area contributed by atoms with Gasteiger partial charge < -0.3 is 19.4 Å². The molecule has 0 atom stereocenters. The van der Waals surface area contributed by atoms with Crippen molar-refractivity contribution < 1.29 is 24.2 Å². The summed E-state index contributed by atoms with van der Waals surface area (Å²) in [6, 6.07) is 22.8. The molecule has 0 unspecified atom stereocenters. The highest BCUT2D eigenvalue weighted by Crippen LogP contribution is 2.18. The van der Waals surface area contributed by atoms with Gasteiger partial charge in [0.15, 0.2) is 0 Å². The molecular weight excluding hydrogens is 460 g/mol. The fourth-order valence-electron chi connectivity index (χ4n) is 3.47. The van der Waals surface area contributed by atoms with Crippen molar-refractivity contribution in [3.05, 3.63) is 95.8 Å². The molecule has 0 aliphatic heterocycles. The van der Waals surface area contributed by atoms with Gasteiger partial charge in [-0.1, -0.05) is 30.3 Å². The van der Waals surface area contributed by atoms with Crippen molar-refractivity contribution in [2.75, 3.05) is 13.2 Å². The molecule has 0 aliphatic carbocycles. The first-order valence-electron chi connectivity index (χ1n) is 11.4. The summed E-state index contributed by atoms with van der Waals surface area (Å²) in [5, 5.41) is 18.4. The van der Waals surface area contributed by atoms with Gasteiger partial charge in [0.1, 0.15) is 23.5 Å². The van der Waals surface area contributed by atoms with E-state index in [4.69, 9.17) is 9.47 Å². The Morgan fingerprint density at radius 2 is 1.67 bits per heavy atom. The van der Waals surface area contributed by atoms with Crippen molar-refractivity contribution in [2.24, 2.45) is 0 Å². The van der Waals surface area contributed by atoms with Gasteiger partial charge in [-0.05, 0) is 61.0 Å². The minimum absolute atomic E-state index is 0.0653. The number of phenols is 1. The molecule has 4 rings (SSSR count). The molecule has 1 aromatic heterocycles. The number of hydrogen-bond acceptors (Lipinski definition) is 7. The Kier molecular flexibility index (Phi) is 7.92. The summed E-state index contributed by atoms with van der Waals surface area (Å²) in [4.78, 5) is 26.5. The van der Waals surface area contributed by atoms with Gasteiger partial charge >= 0.3 is 6.09 Å². The number of ether oxygens (including phenoxy) is 2. The lowest BCUT2D eigenvalue weighted by Crippen LogP contribution is -2.34. The summed E-state index contributed by atoms with van der Waals surface area (Å²) in [5.41, 5.74) is 3.44. The topological polar surface area (TPSA) is 107 Å². The van der Waals surface area contributed by atoms with Crippen LogP contribution in [0, 0.1) is 6.92 Å². The van der Waals surface area contributed by atoms with E-state index in [-0.39, 0.29) is 24.6 Å². The fraction of sp³-hybridized carbons (Fsp3) is 0.185. The Hall–Kier alpha value is -4.66. The van der Waals surface area contributed by atoms with E-state index in [1.54, 1.807) is 4.80 Å². The van der Waals surface area contributed by atoms with Crippen molar-refractivity contribution in [2.45, 2.75) is 19.9 Å².